The van der Waals surface area contributed by atoms with Crippen LogP contribution in [0.2, 0.25) is 5.02 Å². The summed E-state index contributed by atoms with van der Waals surface area (Å²) in [6, 6.07) is 3.04. The Labute approximate surface area is 113 Å². The van der Waals surface area contributed by atoms with E-state index in [4.69, 9.17) is 22.5 Å². The van der Waals surface area contributed by atoms with Crippen molar-refractivity contribution in [2.75, 3.05) is 5.32 Å². The minimum atomic E-state index is -4.51. The van der Waals surface area contributed by atoms with Crippen molar-refractivity contribution < 1.29 is 18.4 Å². The number of hydrogen-bond acceptors (Lipinski definition) is 3. The van der Waals surface area contributed by atoms with Gasteiger partial charge < -0.3 is 16.3 Å². The van der Waals surface area contributed by atoms with Gasteiger partial charge in [-0.2, -0.15) is 13.2 Å². The Kier molecular flexibility index (Phi) is 4.88. The maximum Gasteiger partial charge on any atom is 0.418 e. The molecule has 0 heterocycles. The molecule has 1 unspecified atom stereocenters. The second-order valence-corrected chi connectivity index (χ2v) is 4.41. The van der Waals surface area contributed by atoms with Gasteiger partial charge in [-0.05, 0) is 19.1 Å². The molecular formula is C11H13ClF3N3O. The van der Waals surface area contributed by atoms with E-state index in [1.54, 1.807) is 6.92 Å². The van der Waals surface area contributed by atoms with Crippen molar-refractivity contribution in [2.45, 2.75) is 25.6 Å². The van der Waals surface area contributed by atoms with Crippen molar-refractivity contribution in [1.82, 2.24) is 0 Å². The Bertz CT molecular complexity index is 477. The number of hydrogen-bond donors (Lipinski definition) is 3. The quantitative estimate of drug-likeness (QED) is 0.345. The molecule has 4 nitrogen and oxygen atoms in total. The van der Waals surface area contributed by atoms with Crippen molar-refractivity contribution in [2.24, 2.45) is 10.9 Å². The molecule has 0 aliphatic heterocycles. The van der Waals surface area contributed by atoms with E-state index in [-0.39, 0.29) is 23.0 Å². The predicted octanol–water partition coefficient (Wildman–Crippen LogP) is 3.30. The van der Waals surface area contributed by atoms with Crippen LogP contribution in [0.3, 0.4) is 0 Å². The lowest BCUT2D eigenvalue weighted by Crippen LogP contribution is -2.25. The lowest BCUT2D eigenvalue weighted by Gasteiger charge is -2.20. The summed E-state index contributed by atoms with van der Waals surface area (Å²) in [6.07, 6.45) is -4.43. The zero-order valence-corrected chi connectivity index (χ0v) is 10.8. The molecular weight excluding hydrogens is 283 g/mol. The van der Waals surface area contributed by atoms with Crippen LogP contribution in [0, 0.1) is 0 Å². The first-order valence-corrected chi connectivity index (χ1v) is 5.72. The minimum Gasteiger partial charge on any atom is -0.409 e. The van der Waals surface area contributed by atoms with E-state index >= 15 is 0 Å². The topological polar surface area (TPSA) is 70.6 Å². The zero-order chi connectivity index (χ0) is 14.6. The highest BCUT2D eigenvalue weighted by Gasteiger charge is 2.34. The van der Waals surface area contributed by atoms with Gasteiger partial charge in [-0.25, -0.2) is 0 Å². The van der Waals surface area contributed by atoms with Crippen LogP contribution in [0.1, 0.15) is 18.9 Å². The predicted molar refractivity (Wildman–Crippen MR) is 67.6 cm³/mol. The van der Waals surface area contributed by atoms with Crippen LogP contribution in [-0.4, -0.2) is 17.1 Å². The molecule has 1 aromatic carbocycles. The van der Waals surface area contributed by atoms with Gasteiger partial charge in [0.05, 0.1) is 16.3 Å². The van der Waals surface area contributed by atoms with Gasteiger partial charge in [0.15, 0.2) is 0 Å². The summed E-state index contributed by atoms with van der Waals surface area (Å²) in [5.41, 5.74) is 4.23. The summed E-state index contributed by atoms with van der Waals surface area (Å²) in [6.45, 7) is 1.60. The van der Waals surface area contributed by atoms with Gasteiger partial charge in [-0.1, -0.05) is 22.8 Å². The van der Waals surface area contributed by atoms with E-state index in [0.29, 0.717) is 0 Å². The lowest BCUT2D eigenvalue weighted by atomic mass is 10.1. The van der Waals surface area contributed by atoms with Crippen LogP contribution in [0.4, 0.5) is 18.9 Å². The van der Waals surface area contributed by atoms with Crippen LogP contribution in [0.25, 0.3) is 0 Å². The van der Waals surface area contributed by atoms with Gasteiger partial charge in [0.2, 0.25) is 0 Å². The Morgan fingerprint density at radius 1 is 1.53 bits per heavy atom. The number of oxime groups is 1. The molecule has 8 heteroatoms. The zero-order valence-electron chi connectivity index (χ0n) is 10.0. The molecule has 106 valence electrons. The third-order valence-electron chi connectivity index (χ3n) is 2.35. The number of nitrogens with one attached hydrogen (secondary N) is 1. The number of alkyl halides is 3. The van der Waals surface area contributed by atoms with Crippen LogP contribution in [0.5, 0.6) is 0 Å². The molecule has 1 aromatic rings. The summed E-state index contributed by atoms with van der Waals surface area (Å²) in [7, 11) is 0. The van der Waals surface area contributed by atoms with E-state index in [0.717, 1.165) is 6.07 Å². The van der Waals surface area contributed by atoms with E-state index in [2.05, 4.69) is 10.5 Å². The Balaban J connectivity index is 3.00. The highest BCUT2D eigenvalue weighted by atomic mass is 35.5. The first kappa shape index (κ1) is 15.4. The highest BCUT2D eigenvalue weighted by molar-refractivity contribution is 6.33. The molecule has 0 radical (unpaired) electrons. The highest BCUT2D eigenvalue weighted by Crippen LogP contribution is 2.38. The molecule has 0 saturated heterocycles. The first-order chi connectivity index (χ1) is 8.75. The van der Waals surface area contributed by atoms with Gasteiger partial charge in [-0.3, -0.25) is 0 Å². The normalized spacial score (nSPS) is 14.3. The second kappa shape index (κ2) is 6.01. The molecule has 0 fully saturated rings. The Morgan fingerprint density at radius 2 is 2.16 bits per heavy atom. The number of halogens is 4. The van der Waals surface area contributed by atoms with Crippen LogP contribution >= 0.6 is 11.6 Å². The molecule has 0 aromatic heterocycles. The average molecular weight is 296 g/mol. The molecule has 0 saturated carbocycles. The van der Waals surface area contributed by atoms with Crippen molar-refractivity contribution in [1.29, 1.82) is 0 Å². The van der Waals surface area contributed by atoms with E-state index in [1.807, 2.05) is 0 Å². The summed E-state index contributed by atoms with van der Waals surface area (Å²) in [5, 5.41) is 13.8. The smallest absolute Gasteiger partial charge is 0.409 e. The molecule has 19 heavy (non-hydrogen) atoms. The average Bonchev–Trinajstić information content (AvgIpc) is 2.30. The monoisotopic (exact) mass is 295 g/mol. The first-order valence-electron chi connectivity index (χ1n) is 5.34. The summed E-state index contributed by atoms with van der Waals surface area (Å²) < 4.78 is 38.5. The van der Waals surface area contributed by atoms with Crippen molar-refractivity contribution in [3.63, 3.8) is 0 Å². The molecule has 0 spiro atoms. The number of nitrogens with two attached hydrogens (primary N) is 1. The van der Waals surface area contributed by atoms with Gasteiger partial charge in [0.25, 0.3) is 0 Å². The number of anilines is 1. The maximum atomic E-state index is 12.8. The van der Waals surface area contributed by atoms with Gasteiger partial charge in [0, 0.05) is 12.5 Å². The number of para-hydroxylation sites is 1. The minimum absolute atomic E-state index is 0.0406. The fraction of sp³-hybridized carbons (Fsp3) is 0.364. The third-order valence-corrected chi connectivity index (χ3v) is 2.67. The molecule has 0 aliphatic carbocycles. The fourth-order valence-electron chi connectivity index (χ4n) is 1.56. The summed E-state index contributed by atoms with van der Waals surface area (Å²) >= 11 is 5.78. The van der Waals surface area contributed by atoms with Crippen LogP contribution in [0.15, 0.2) is 23.4 Å². The Morgan fingerprint density at radius 3 is 2.68 bits per heavy atom. The van der Waals surface area contributed by atoms with Gasteiger partial charge in [-0.15, -0.1) is 0 Å². The van der Waals surface area contributed by atoms with E-state index in [1.165, 1.54) is 12.1 Å². The molecule has 0 bridgehead atoms. The van der Waals surface area contributed by atoms with Crippen molar-refractivity contribution in [3.8, 4) is 0 Å². The summed E-state index contributed by atoms with van der Waals surface area (Å²) in [4.78, 5) is 0. The lowest BCUT2D eigenvalue weighted by molar-refractivity contribution is -0.137. The summed E-state index contributed by atoms with van der Waals surface area (Å²) in [5.74, 6) is -0.0828. The van der Waals surface area contributed by atoms with E-state index < -0.39 is 17.8 Å². The number of nitrogens with zero attached hydrogens (tertiary/aromatic N) is 1. The fourth-order valence-corrected chi connectivity index (χ4v) is 1.79. The van der Waals surface area contributed by atoms with E-state index in [9.17, 15) is 13.2 Å². The van der Waals surface area contributed by atoms with Gasteiger partial charge >= 0.3 is 6.18 Å². The third kappa shape index (κ3) is 4.20. The molecule has 0 amide bonds. The number of rotatable bonds is 4. The van der Waals surface area contributed by atoms with Crippen LogP contribution in [-0.2, 0) is 6.18 Å². The maximum absolute atomic E-state index is 12.8. The number of amidine groups is 1. The van der Waals surface area contributed by atoms with Crippen molar-refractivity contribution >= 4 is 23.1 Å². The molecule has 4 N–H and O–H groups in total. The molecule has 1 rings (SSSR count). The van der Waals surface area contributed by atoms with Crippen molar-refractivity contribution in [3.05, 3.63) is 28.8 Å². The van der Waals surface area contributed by atoms with Gasteiger partial charge in [0.1, 0.15) is 5.84 Å². The van der Waals surface area contributed by atoms with Crippen LogP contribution < -0.4 is 11.1 Å². The molecule has 1 atom stereocenters. The number of benzene rings is 1. The standard InChI is InChI=1S/C11H13ClF3N3O/c1-6(5-9(16)18-19)17-10-7(11(13,14)15)3-2-4-8(10)12/h2-4,6,17,19H,5H2,1H3,(H2,16,18). The largest absolute Gasteiger partial charge is 0.418 e. The molecule has 0 aliphatic rings. The SMILES string of the molecule is CC(CC(N)=NO)Nc1c(Cl)cccc1C(F)(F)F. The second-order valence-electron chi connectivity index (χ2n) is 4.00. The Hall–Kier alpha value is -1.63.